The first-order chi connectivity index (χ1) is 20.9. The lowest BCUT2D eigenvalue weighted by atomic mass is 9.76. The number of aromatic carboxylic acids is 1. The van der Waals surface area contributed by atoms with Gasteiger partial charge in [-0.15, -0.1) is 0 Å². The average molecular weight is 578 g/mol. The molecule has 0 spiro atoms. The summed E-state index contributed by atoms with van der Waals surface area (Å²) in [5.41, 5.74) is 4.81. The van der Waals surface area contributed by atoms with Crippen molar-refractivity contribution in [3.05, 3.63) is 131 Å². The number of nitrogens with zero attached hydrogens (tertiary/aromatic N) is 1. The van der Waals surface area contributed by atoms with Gasteiger partial charge in [0.1, 0.15) is 5.75 Å². The zero-order valence-corrected chi connectivity index (χ0v) is 24.0. The summed E-state index contributed by atoms with van der Waals surface area (Å²) >= 11 is 0. The Morgan fingerprint density at radius 2 is 1.60 bits per heavy atom. The Bertz CT molecular complexity index is 1580. The number of urea groups is 1. The van der Waals surface area contributed by atoms with E-state index in [2.05, 4.69) is 28.8 Å². The number of fused-ring (bicyclic) bond motifs is 1. The molecule has 4 aromatic rings. The molecule has 0 saturated heterocycles. The van der Waals surface area contributed by atoms with Gasteiger partial charge in [0.2, 0.25) is 5.91 Å². The summed E-state index contributed by atoms with van der Waals surface area (Å²) in [4.78, 5) is 40.1. The molecule has 0 aromatic heterocycles. The van der Waals surface area contributed by atoms with Gasteiger partial charge in [0.25, 0.3) is 0 Å². The number of carbonyl (C=O) groups excluding carboxylic acids is 2. The van der Waals surface area contributed by atoms with E-state index in [1.54, 1.807) is 19.2 Å². The number of hydrogen-bond acceptors (Lipinski definition) is 4. The van der Waals surface area contributed by atoms with Gasteiger partial charge in [-0.05, 0) is 77.8 Å². The van der Waals surface area contributed by atoms with Crippen molar-refractivity contribution in [2.75, 3.05) is 19.0 Å². The Labute approximate surface area is 251 Å². The Balaban J connectivity index is 1.43. The van der Waals surface area contributed by atoms with E-state index >= 15 is 0 Å². The van der Waals surface area contributed by atoms with Gasteiger partial charge in [0.05, 0.1) is 25.3 Å². The number of anilines is 1. The monoisotopic (exact) mass is 577 g/mol. The minimum absolute atomic E-state index is 0.0544. The summed E-state index contributed by atoms with van der Waals surface area (Å²) in [5, 5.41) is 14.6. The fraction of sp³-hybridized carbons (Fsp3) is 0.229. The smallest absolute Gasteiger partial charge is 0.335 e. The second-order valence-corrected chi connectivity index (χ2v) is 10.7. The third-order valence-corrected chi connectivity index (χ3v) is 7.86. The summed E-state index contributed by atoms with van der Waals surface area (Å²) in [7, 11) is 1.64. The van der Waals surface area contributed by atoms with E-state index in [-0.39, 0.29) is 30.0 Å². The lowest BCUT2D eigenvalue weighted by Gasteiger charge is -2.42. The highest BCUT2D eigenvalue weighted by atomic mass is 16.5. The van der Waals surface area contributed by atoms with Crippen LogP contribution in [0.3, 0.4) is 0 Å². The minimum atomic E-state index is -1.09. The summed E-state index contributed by atoms with van der Waals surface area (Å²) in [6.07, 6.45) is 2.61. The molecule has 3 N–H and O–H groups in total. The van der Waals surface area contributed by atoms with Crippen LogP contribution in [0.1, 0.15) is 45.1 Å². The van der Waals surface area contributed by atoms with Crippen LogP contribution in [0.4, 0.5) is 10.5 Å². The molecule has 3 amide bonds. The molecular formula is C35H35N3O5. The van der Waals surface area contributed by atoms with Crippen molar-refractivity contribution >= 4 is 23.6 Å². The molecule has 8 nitrogen and oxygen atoms in total. The SMILES string of the molecule is COc1ccc2c(c1)C(N(Cc1ccccc1)C(=O)CNC(=O)Nc1cccc(C(=O)O)c1)C(Cc1ccccc1)CC2. The van der Waals surface area contributed by atoms with E-state index in [4.69, 9.17) is 4.74 Å². The summed E-state index contributed by atoms with van der Waals surface area (Å²) in [6, 6.07) is 31.3. The zero-order valence-electron chi connectivity index (χ0n) is 24.0. The summed E-state index contributed by atoms with van der Waals surface area (Å²) in [5.74, 6) is -0.443. The van der Waals surface area contributed by atoms with Crippen LogP contribution in [0.5, 0.6) is 5.75 Å². The number of rotatable bonds is 10. The molecule has 1 aliphatic rings. The largest absolute Gasteiger partial charge is 0.497 e. The van der Waals surface area contributed by atoms with Crippen LogP contribution in [0.25, 0.3) is 0 Å². The molecule has 220 valence electrons. The molecule has 0 fully saturated rings. The van der Waals surface area contributed by atoms with Gasteiger partial charge in [-0.2, -0.15) is 0 Å². The van der Waals surface area contributed by atoms with Crippen LogP contribution in [0.2, 0.25) is 0 Å². The summed E-state index contributed by atoms with van der Waals surface area (Å²) < 4.78 is 5.59. The lowest BCUT2D eigenvalue weighted by molar-refractivity contribution is -0.135. The van der Waals surface area contributed by atoms with Crippen molar-refractivity contribution in [3.8, 4) is 5.75 Å². The Kier molecular flexibility index (Phi) is 9.36. The van der Waals surface area contributed by atoms with E-state index < -0.39 is 12.0 Å². The molecule has 43 heavy (non-hydrogen) atoms. The number of carboxylic acid groups (broad SMARTS) is 1. The molecular weight excluding hydrogens is 542 g/mol. The Morgan fingerprint density at radius 1 is 0.884 bits per heavy atom. The topological polar surface area (TPSA) is 108 Å². The van der Waals surface area contributed by atoms with Gasteiger partial charge in [0.15, 0.2) is 0 Å². The van der Waals surface area contributed by atoms with Gasteiger partial charge < -0.3 is 25.4 Å². The molecule has 0 saturated carbocycles. The third kappa shape index (κ3) is 7.40. The van der Waals surface area contributed by atoms with E-state index in [1.807, 2.05) is 65.6 Å². The molecule has 2 unspecified atom stereocenters. The number of amides is 3. The molecule has 0 bridgehead atoms. The predicted octanol–water partition coefficient (Wildman–Crippen LogP) is 6.09. The fourth-order valence-corrected chi connectivity index (χ4v) is 5.79. The van der Waals surface area contributed by atoms with Crippen molar-refractivity contribution in [3.63, 3.8) is 0 Å². The number of carboxylic acids is 1. The number of aryl methyl sites for hydroxylation is 1. The number of ether oxygens (including phenoxy) is 1. The maximum atomic E-state index is 14.1. The van der Waals surface area contributed by atoms with E-state index in [9.17, 15) is 19.5 Å². The van der Waals surface area contributed by atoms with Crippen LogP contribution in [-0.2, 0) is 24.2 Å². The van der Waals surface area contributed by atoms with Crippen molar-refractivity contribution in [2.45, 2.75) is 31.8 Å². The highest BCUT2D eigenvalue weighted by molar-refractivity contribution is 5.94. The van der Waals surface area contributed by atoms with E-state index in [0.29, 0.717) is 12.2 Å². The molecule has 0 heterocycles. The molecule has 4 aromatic carbocycles. The summed E-state index contributed by atoms with van der Waals surface area (Å²) in [6.45, 7) is 0.140. The normalized spacial score (nSPS) is 15.6. The molecule has 2 atom stereocenters. The van der Waals surface area contributed by atoms with Crippen LogP contribution in [-0.4, -0.2) is 41.6 Å². The number of nitrogens with one attached hydrogen (secondary N) is 2. The first-order valence-corrected chi connectivity index (χ1v) is 14.3. The van der Waals surface area contributed by atoms with Crippen LogP contribution < -0.4 is 15.4 Å². The van der Waals surface area contributed by atoms with Crippen molar-refractivity contribution in [1.82, 2.24) is 10.2 Å². The predicted molar refractivity (Wildman–Crippen MR) is 165 cm³/mol. The standard InChI is InChI=1S/C35H35N3O5/c1-43-30-18-17-26-15-16-27(19-24-9-4-2-5-10-24)33(31(26)21-30)38(23-25-11-6-3-7-12-25)32(39)22-36-35(42)37-29-14-8-13-28(20-29)34(40)41/h2-14,17-18,20-21,27,33H,15-16,19,22-23H2,1H3,(H,40,41)(H2,36,37,42). The maximum Gasteiger partial charge on any atom is 0.335 e. The van der Waals surface area contributed by atoms with Gasteiger partial charge >= 0.3 is 12.0 Å². The van der Waals surface area contributed by atoms with Gasteiger partial charge in [-0.1, -0.05) is 72.8 Å². The first kappa shape index (κ1) is 29.4. The maximum absolute atomic E-state index is 14.1. The first-order valence-electron chi connectivity index (χ1n) is 14.3. The van der Waals surface area contributed by atoms with E-state index in [1.165, 1.54) is 23.3 Å². The lowest BCUT2D eigenvalue weighted by Crippen LogP contribution is -2.46. The van der Waals surface area contributed by atoms with Crippen LogP contribution in [0.15, 0.2) is 103 Å². The number of carbonyl (C=O) groups is 3. The molecule has 8 heteroatoms. The molecule has 5 rings (SSSR count). The van der Waals surface area contributed by atoms with Crippen LogP contribution >= 0.6 is 0 Å². The Hall–Kier alpha value is -5.11. The highest BCUT2D eigenvalue weighted by Gasteiger charge is 2.37. The molecule has 0 aliphatic heterocycles. The second-order valence-electron chi connectivity index (χ2n) is 10.7. The van der Waals surface area contributed by atoms with Crippen molar-refractivity contribution in [1.29, 1.82) is 0 Å². The van der Waals surface area contributed by atoms with Crippen molar-refractivity contribution < 1.29 is 24.2 Å². The number of methoxy groups -OCH3 is 1. The second kappa shape index (κ2) is 13.7. The van der Waals surface area contributed by atoms with E-state index in [0.717, 1.165) is 36.1 Å². The Morgan fingerprint density at radius 3 is 2.30 bits per heavy atom. The quantitative estimate of drug-likeness (QED) is 0.211. The van der Waals surface area contributed by atoms with Gasteiger partial charge in [-0.25, -0.2) is 9.59 Å². The van der Waals surface area contributed by atoms with Gasteiger partial charge in [0, 0.05) is 12.2 Å². The van der Waals surface area contributed by atoms with Crippen LogP contribution in [0, 0.1) is 5.92 Å². The molecule has 0 radical (unpaired) electrons. The highest BCUT2D eigenvalue weighted by Crippen LogP contribution is 2.42. The number of hydrogen-bond donors (Lipinski definition) is 3. The van der Waals surface area contributed by atoms with Gasteiger partial charge in [-0.3, -0.25) is 4.79 Å². The zero-order chi connectivity index (χ0) is 30.2. The van der Waals surface area contributed by atoms with Crippen molar-refractivity contribution in [2.24, 2.45) is 5.92 Å². The minimum Gasteiger partial charge on any atom is -0.497 e. The fourth-order valence-electron chi connectivity index (χ4n) is 5.79. The number of benzene rings is 4. The third-order valence-electron chi connectivity index (χ3n) is 7.86. The average Bonchev–Trinajstić information content (AvgIpc) is 3.03. The molecule has 1 aliphatic carbocycles.